The van der Waals surface area contributed by atoms with Crippen molar-refractivity contribution in [2.24, 2.45) is 10.7 Å². The molecule has 1 aromatic carbocycles. The second-order valence-electron chi connectivity index (χ2n) is 6.68. The fourth-order valence-electron chi connectivity index (χ4n) is 2.87. The normalized spacial score (nSPS) is 18.6. The van der Waals surface area contributed by atoms with E-state index in [1.807, 2.05) is 0 Å². The predicted octanol–water partition coefficient (Wildman–Crippen LogP) is 2.70. The van der Waals surface area contributed by atoms with Crippen LogP contribution in [0.3, 0.4) is 0 Å². The monoisotopic (exact) mass is 437 g/mol. The number of halogens is 2. The van der Waals surface area contributed by atoms with Crippen LogP contribution in [0.4, 0.5) is 14.5 Å². The molecule has 0 radical (unpaired) electrons. The Labute approximate surface area is 176 Å². The number of benzene rings is 1. The van der Waals surface area contributed by atoms with Crippen LogP contribution in [-0.2, 0) is 10.3 Å². The zero-order valence-electron chi connectivity index (χ0n) is 16.4. The van der Waals surface area contributed by atoms with Gasteiger partial charge < -0.3 is 20.5 Å². The lowest BCUT2D eigenvalue weighted by atomic mass is 9.89. The molecule has 30 heavy (non-hydrogen) atoms. The average Bonchev–Trinajstić information content (AvgIpc) is 2.71. The summed E-state index contributed by atoms with van der Waals surface area (Å²) in [6.45, 7) is 2.35. The minimum atomic E-state index is -1.09. The maximum absolute atomic E-state index is 14.5. The summed E-state index contributed by atoms with van der Waals surface area (Å²) < 4.78 is 38.9. The number of anilines is 1. The topological polar surface area (TPSA) is 112 Å². The van der Waals surface area contributed by atoms with Crippen LogP contribution < -0.4 is 15.8 Å². The molecule has 11 heteroatoms. The number of amides is 1. The van der Waals surface area contributed by atoms with Gasteiger partial charge in [0.15, 0.2) is 16.8 Å². The molecule has 0 saturated carbocycles. The molecule has 1 amide bonds. The Kier molecular flexibility index (Phi) is 6.83. The fourth-order valence-corrected chi connectivity index (χ4v) is 3.84. The molecule has 1 aromatic heterocycles. The zero-order chi connectivity index (χ0) is 21.7. The molecule has 1 atom stereocenters. The average molecular weight is 437 g/mol. The highest BCUT2D eigenvalue weighted by Crippen LogP contribution is 2.38. The lowest BCUT2D eigenvalue weighted by Gasteiger charge is -2.30. The van der Waals surface area contributed by atoms with Gasteiger partial charge in [0.1, 0.15) is 12.3 Å². The number of rotatable bonds is 7. The van der Waals surface area contributed by atoms with E-state index in [1.165, 1.54) is 30.2 Å². The quantitative estimate of drug-likeness (QED) is 0.641. The van der Waals surface area contributed by atoms with Crippen LogP contribution in [0.5, 0.6) is 5.88 Å². The Bertz CT molecular complexity index is 958. The van der Waals surface area contributed by atoms with E-state index < -0.39 is 23.1 Å². The standard InChI is InChI=1S/C19H21F2N5O3S/c1-19(3-6-30-18(22)26-19)12-7-11(8-13(20)16(12)21)25-17(27)14-9-24-15(10-23-14)29-5-4-28-2/h7-10H,3-6H2,1-2H3,(H2,22,26)(H,25,27)/t19-/m0/s1. The fraction of sp³-hybridized carbons (Fsp3) is 0.368. The van der Waals surface area contributed by atoms with E-state index in [0.29, 0.717) is 30.6 Å². The number of ether oxygens (including phenoxy) is 2. The summed E-state index contributed by atoms with van der Waals surface area (Å²) in [5.41, 5.74) is 4.83. The van der Waals surface area contributed by atoms with Gasteiger partial charge >= 0.3 is 0 Å². The molecule has 3 rings (SSSR count). The van der Waals surface area contributed by atoms with E-state index in [0.717, 1.165) is 6.07 Å². The van der Waals surface area contributed by atoms with Gasteiger partial charge in [-0.05, 0) is 19.4 Å². The van der Waals surface area contributed by atoms with Crippen LogP contribution in [-0.4, -0.2) is 47.1 Å². The van der Waals surface area contributed by atoms with Crippen molar-refractivity contribution in [3.8, 4) is 5.88 Å². The summed E-state index contributed by atoms with van der Waals surface area (Å²) in [4.78, 5) is 24.7. The van der Waals surface area contributed by atoms with Gasteiger partial charge in [-0.2, -0.15) is 0 Å². The Morgan fingerprint density at radius 2 is 2.10 bits per heavy atom. The number of nitrogens with two attached hydrogens (primary N) is 1. The van der Waals surface area contributed by atoms with Gasteiger partial charge in [-0.3, -0.25) is 9.79 Å². The Hall–Kier alpha value is -2.79. The van der Waals surface area contributed by atoms with Crippen molar-refractivity contribution in [1.29, 1.82) is 0 Å². The number of aromatic nitrogens is 2. The van der Waals surface area contributed by atoms with Crippen molar-refractivity contribution >= 4 is 28.5 Å². The minimum Gasteiger partial charge on any atom is -0.474 e. The molecule has 0 bridgehead atoms. The Balaban J connectivity index is 1.79. The molecule has 0 fully saturated rings. The van der Waals surface area contributed by atoms with E-state index in [2.05, 4.69) is 20.3 Å². The van der Waals surface area contributed by atoms with Crippen LogP contribution in [0.1, 0.15) is 29.4 Å². The van der Waals surface area contributed by atoms with E-state index in [9.17, 15) is 13.6 Å². The van der Waals surface area contributed by atoms with Crippen LogP contribution >= 0.6 is 11.8 Å². The number of amidine groups is 1. The summed E-state index contributed by atoms with van der Waals surface area (Å²) in [5, 5.41) is 2.82. The van der Waals surface area contributed by atoms with Crippen molar-refractivity contribution in [3.05, 3.63) is 47.4 Å². The largest absolute Gasteiger partial charge is 0.474 e. The summed E-state index contributed by atoms with van der Waals surface area (Å²) >= 11 is 1.35. The molecule has 1 aliphatic rings. The molecule has 0 spiro atoms. The van der Waals surface area contributed by atoms with E-state index in [1.54, 1.807) is 14.0 Å². The van der Waals surface area contributed by atoms with Crippen molar-refractivity contribution in [3.63, 3.8) is 0 Å². The summed E-state index contributed by atoms with van der Waals surface area (Å²) in [6, 6.07) is 2.26. The number of thioether (sulfide) groups is 1. The molecular weight excluding hydrogens is 416 g/mol. The number of nitrogens with one attached hydrogen (secondary N) is 1. The van der Waals surface area contributed by atoms with Gasteiger partial charge in [0.2, 0.25) is 5.88 Å². The summed E-state index contributed by atoms with van der Waals surface area (Å²) in [7, 11) is 1.54. The second-order valence-corrected chi connectivity index (χ2v) is 7.79. The number of hydrogen-bond acceptors (Lipinski definition) is 8. The van der Waals surface area contributed by atoms with Crippen LogP contribution in [0.2, 0.25) is 0 Å². The van der Waals surface area contributed by atoms with Crippen molar-refractivity contribution in [2.45, 2.75) is 18.9 Å². The number of methoxy groups -OCH3 is 1. The Morgan fingerprint density at radius 3 is 2.77 bits per heavy atom. The van der Waals surface area contributed by atoms with Gasteiger partial charge in [0, 0.05) is 30.2 Å². The third-order valence-electron chi connectivity index (χ3n) is 4.46. The molecule has 160 valence electrons. The highest BCUT2D eigenvalue weighted by Gasteiger charge is 2.33. The third-order valence-corrected chi connectivity index (χ3v) is 5.26. The van der Waals surface area contributed by atoms with Crippen molar-refractivity contribution in [1.82, 2.24) is 9.97 Å². The van der Waals surface area contributed by atoms with Crippen LogP contribution in [0.15, 0.2) is 29.5 Å². The number of nitrogens with zero attached hydrogens (tertiary/aromatic N) is 3. The van der Waals surface area contributed by atoms with Crippen molar-refractivity contribution < 1.29 is 23.0 Å². The van der Waals surface area contributed by atoms with Gasteiger partial charge in [-0.1, -0.05) is 11.8 Å². The molecule has 0 unspecified atom stereocenters. The first-order chi connectivity index (χ1) is 14.3. The predicted molar refractivity (Wildman–Crippen MR) is 110 cm³/mol. The molecule has 1 aliphatic heterocycles. The van der Waals surface area contributed by atoms with Gasteiger partial charge in [0.05, 0.1) is 24.5 Å². The third kappa shape index (κ3) is 5.03. The van der Waals surface area contributed by atoms with Gasteiger partial charge in [-0.15, -0.1) is 0 Å². The number of aliphatic imine (C=N–C) groups is 1. The Morgan fingerprint density at radius 1 is 1.30 bits per heavy atom. The first-order valence-corrected chi connectivity index (χ1v) is 10.0. The number of carbonyl (C=O) groups is 1. The van der Waals surface area contributed by atoms with Gasteiger partial charge in [0.25, 0.3) is 5.91 Å². The van der Waals surface area contributed by atoms with Gasteiger partial charge in [-0.25, -0.2) is 18.7 Å². The van der Waals surface area contributed by atoms with E-state index in [4.69, 9.17) is 15.2 Å². The molecule has 8 nitrogen and oxygen atoms in total. The SMILES string of the molecule is COCCOc1cnc(C(=O)Nc2cc(F)c(F)c([C@]3(C)CCSC(N)=N3)c2)cn1. The number of hydrogen-bond donors (Lipinski definition) is 2. The highest BCUT2D eigenvalue weighted by molar-refractivity contribution is 8.13. The molecular formula is C19H21F2N5O3S. The zero-order valence-corrected chi connectivity index (χ0v) is 17.3. The number of carbonyl (C=O) groups excluding carboxylic acids is 1. The first kappa shape index (κ1) is 21.9. The van der Waals surface area contributed by atoms with Crippen LogP contribution in [0.25, 0.3) is 0 Å². The van der Waals surface area contributed by atoms with Crippen LogP contribution in [0, 0.1) is 11.6 Å². The smallest absolute Gasteiger partial charge is 0.275 e. The maximum Gasteiger partial charge on any atom is 0.275 e. The lowest BCUT2D eigenvalue weighted by molar-refractivity contribution is 0.102. The summed E-state index contributed by atoms with van der Waals surface area (Å²) in [6.07, 6.45) is 2.99. The van der Waals surface area contributed by atoms with E-state index in [-0.39, 0.29) is 22.8 Å². The second kappa shape index (κ2) is 9.35. The summed E-state index contributed by atoms with van der Waals surface area (Å²) in [5.74, 6) is -1.88. The van der Waals surface area contributed by atoms with E-state index >= 15 is 0 Å². The molecule has 0 saturated heterocycles. The highest BCUT2D eigenvalue weighted by atomic mass is 32.2. The molecule has 3 N–H and O–H groups in total. The molecule has 0 aliphatic carbocycles. The lowest BCUT2D eigenvalue weighted by Crippen LogP contribution is -2.30. The molecule has 2 heterocycles. The first-order valence-electron chi connectivity index (χ1n) is 9.05. The van der Waals surface area contributed by atoms with Crippen molar-refractivity contribution in [2.75, 3.05) is 31.4 Å². The minimum absolute atomic E-state index is 0.0112. The molecule has 2 aromatic rings. The maximum atomic E-state index is 14.5.